The fourth-order valence-corrected chi connectivity index (χ4v) is 6.55. The van der Waals surface area contributed by atoms with Crippen molar-refractivity contribution in [2.75, 3.05) is 32.7 Å². The summed E-state index contributed by atoms with van der Waals surface area (Å²) in [5.74, 6) is -7.11. The summed E-state index contributed by atoms with van der Waals surface area (Å²) in [7, 11) is 0. The van der Waals surface area contributed by atoms with Crippen molar-refractivity contribution in [2.45, 2.75) is 83.1 Å². The normalized spacial score (nSPS) is 22.2. The summed E-state index contributed by atoms with van der Waals surface area (Å²) in [5.41, 5.74) is 23.4. The molecule has 1 saturated heterocycles. The van der Waals surface area contributed by atoms with Gasteiger partial charge in [0.2, 0.25) is 47.3 Å². The summed E-state index contributed by atoms with van der Waals surface area (Å²) in [6.07, 6.45) is 0.517. The standard InChI is InChI=1S/C42H62N14O8/c1-4-26(20-51-42(45)46)16-30-37(61)48-22-34(58)53-29(15-24(2)19-50-41(43)44)39(63)52-25(3)36(60)47-21-33(57)55-32(18-28-13-9-6-10-14-28)40(64)56-31(17-27-11-7-5-8-12-27)38(62)49-23-35(59)54-30/h5-14,24-26,29-32H,4,15-23H2,1-3H3,(H,47,60)(H,48,61)(H,49,62)(H,52,63)(H,53,58)(H,54,59)(H,55,57)(H,56,64)(H4,43,44,50)(H4,45,46,51)/t24?,25-,26?,29+,30+,31-,32+/m0/s1. The molecule has 2 unspecified atom stereocenters. The van der Waals surface area contributed by atoms with Gasteiger partial charge in [0.05, 0.1) is 19.6 Å². The van der Waals surface area contributed by atoms with Crippen LogP contribution in [0.15, 0.2) is 70.6 Å². The summed E-state index contributed by atoms with van der Waals surface area (Å²) in [6, 6.07) is 11.4. The number of benzene rings is 2. The summed E-state index contributed by atoms with van der Waals surface area (Å²) in [6.45, 7) is 3.30. The van der Waals surface area contributed by atoms with E-state index in [2.05, 4.69) is 52.5 Å². The van der Waals surface area contributed by atoms with Gasteiger partial charge in [-0.15, -0.1) is 0 Å². The Hall–Kier alpha value is -7.26. The van der Waals surface area contributed by atoms with Crippen LogP contribution in [0.1, 0.15) is 51.2 Å². The van der Waals surface area contributed by atoms with E-state index in [-0.39, 0.29) is 62.5 Å². The Labute approximate surface area is 371 Å². The number of nitrogens with two attached hydrogens (primary N) is 4. The van der Waals surface area contributed by atoms with E-state index in [1.54, 1.807) is 67.6 Å². The molecule has 348 valence electrons. The lowest BCUT2D eigenvalue weighted by atomic mass is 9.96. The van der Waals surface area contributed by atoms with E-state index in [1.165, 1.54) is 6.92 Å². The second-order valence-corrected chi connectivity index (χ2v) is 15.6. The fourth-order valence-electron chi connectivity index (χ4n) is 6.55. The molecule has 0 radical (unpaired) electrons. The van der Waals surface area contributed by atoms with Crippen LogP contribution >= 0.6 is 0 Å². The van der Waals surface area contributed by atoms with Crippen LogP contribution in [-0.2, 0) is 51.2 Å². The maximum atomic E-state index is 14.0. The van der Waals surface area contributed by atoms with Crippen molar-refractivity contribution < 1.29 is 38.4 Å². The number of carbonyl (C=O) groups is 8. The molecule has 7 atom stereocenters. The molecule has 64 heavy (non-hydrogen) atoms. The Morgan fingerprint density at radius 3 is 1.44 bits per heavy atom. The van der Waals surface area contributed by atoms with E-state index in [1.807, 2.05) is 6.92 Å². The monoisotopic (exact) mass is 890 g/mol. The van der Waals surface area contributed by atoms with Crippen molar-refractivity contribution in [2.24, 2.45) is 44.8 Å². The Balaban J connectivity index is 1.99. The minimum absolute atomic E-state index is 0.00100. The van der Waals surface area contributed by atoms with Crippen molar-refractivity contribution in [3.63, 3.8) is 0 Å². The highest BCUT2D eigenvalue weighted by molar-refractivity contribution is 5.97. The number of amides is 8. The molecule has 16 N–H and O–H groups in total. The van der Waals surface area contributed by atoms with E-state index in [0.29, 0.717) is 17.5 Å². The number of hydrogen-bond acceptors (Lipinski definition) is 10. The number of nitrogens with one attached hydrogen (secondary N) is 8. The summed E-state index contributed by atoms with van der Waals surface area (Å²) < 4.78 is 0. The third-order valence-corrected chi connectivity index (χ3v) is 10.1. The molecule has 1 fully saturated rings. The van der Waals surface area contributed by atoms with Gasteiger partial charge >= 0.3 is 0 Å². The highest BCUT2D eigenvalue weighted by Gasteiger charge is 2.31. The van der Waals surface area contributed by atoms with Crippen molar-refractivity contribution in [1.82, 2.24) is 42.5 Å². The smallest absolute Gasteiger partial charge is 0.243 e. The van der Waals surface area contributed by atoms with Crippen LogP contribution in [0, 0.1) is 11.8 Å². The second-order valence-electron chi connectivity index (χ2n) is 15.6. The van der Waals surface area contributed by atoms with Crippen molar-refractivity contribution >= 4 is 59.2 Å². The number of nitrogens with zero attached hydrogens (tertiary/aromatic N) is 2. The third kappa shape index (κ3) is 18.8. The fraction of sp³-hybridized carbons (Fsp3) is 0.476. The lowest BCUT2D eigenvalue weighted by Crippen LogP contribution is -2.58. The van der Waals surface area contributed by atoms with Crippen molar-refractivity contribution in [3.8, 4) is 0 Å². The first-order valence-electron chi connectivity index (χ1n) is 20.9. The first-order chi connectivity index (χ1) is 30.4. The minimum atomic E-state index is -1.25. The molecule has 3 rings (SSSR count). The topological polar surface area (TPSA) is 362 Å². The molecule has 1 aliphatic heterocycles. The van der Waals surface area contributed by atoms with Gasteiger partial charge in [-0.25, -0.2) is 0 Å². The highest BCUT2D eigenvalue weighted by atomic mass is 16.2. The second kappa shape index (κ2) is 26.3. The van der Waals surface area contributed by atoms with E-state index in [9.17, 15) is 38.4 Å². The van der Waals surface area contributed by atoms with E-state index < -0.39 is 97.1 Å². The summed E-state index contributed by atoms with van der Waals surface area (Å²) in [4.78, 5) is 116. The molecule has 2 aromatic rings. The molecule has 22 nitrogen and oxygen atoms in total. The van der Waals surface area contributed by atoms with E-state index in [0.717, 1.165) is 0 Å². The van der Waals surface area contributed by atoms with Crippen LogP contribution in [0.5, 0.6) is 0 Å². The molecular formula is C42H62N14O8. The number of rotatable bonds is 13. The quantitative estimate of drug-likeness (QED) is 0.0683. The van der Waals surface area contributed by atoms with Gasteiger partial charge in [0, 0.05) is 25.9 Å². The average Bonchev–Trinajstić information content (AvgIpc) is 3.26. The maximum absolute atomic E-state index is 14.0. The number of hydrogen-bond donors (Lipinski definition) is 12. The largest absolute Gasteiger partial charge is 0.370 e. The van der Waals surface area contributed by atoms with Crippen LogP contribution in [0.25, 0.3) is 0 Å². The third-order valence-electron chi connectivity index (χ3n) is 10.1. The molecular weight excluding hydrogens is 829 g/mol. The molecule has 8 amide bonds. The van der Waals surface area contributed by atoms with Gasteiger partial charge in [-0.2, -0.15) is 0 Å². The number of aliphatic imine (C=N–C) groups is 2. The predicted molar refractivity (Wildman–Crippen MR) is 238 cm³/mol. The van der Waals surface area contributed by atoms with Crippen molar-refractivity contribution in [3.05, 3.63) is 71.8 Å². The van der Waals surface area contributed by atoms with Gasteiger partial charge in [-0.05, 0) is 42.7 Å². The van der Waals surface area contributed by atoms with Crippen LogP contribution in [-0.4, -0.2) is 122 Å². The van der Waals surface area contributed by atoms with E-state index in [4.69, 9.17) is 22.9 Å². The highest BCUT2D eigenvalue weighted by Crippen LogP contribution is 2.13. The minimum Gasteiger partial charge on any atom is -0.370 e. The number of carbonyl (C=O) groups excluding carboxylic acids is 8. The zero-order valence-corrected chi connectivity index (χ0v) is 36.4. The first kappa shape index (κ1) is 51.1. The zero-order chi connectivity index (χ0) is 47.2. The maximum Gasteiger partial charge on any atom is 0.243 e. The average molecular weight is 891 g/mol. The first-order valence-corrected chi connectivity index (χ1v) is 20.9. The Morgan fingerprint density at radius 2 is 0.953 bits per heavy atom. The Morgan fingerprint density at radius 1 is 0.547 bits per heavy atom. The van der Waals surface area contributed by atoms with Gasteiger partial charge < -0.3 is 65.5 Å². The lowest BCUT2D eigenvalue weighted by molar-refractivity contribution is -0.134. The predicted octanol–water partition coefficient (Wildman–Crippen LogP) is -3.73. The van der Waals surface area contributed by atoms with Gasteiger partial charge in [0.1, 0.15) is 30.2 Å². The SMILES string of the molecule is CCC(CN=C(N)N)C[C@H]1NC(=O)CNC(=O)[C@H](Cc2ccccc2)NC(=O)[C@@H](Cc2ccccc2)NC(=O)CNC(=O)[C@H](C)NC(=O)[C@@H](CC(C)CN=C(N)N)NC(=O)CNC1=O. The summed E-state index contributed by atoms with van der Waals surface area (Å²) in [5, 5.41) is 20.5. The van der Waals surface area contributed by atoms with Gasteiger partial charge in [0.15, 0.2) is 11.9 Å². The molecule has 1 heterocycles. The molecule has 0 aliphatic carbocycles. The van der Waals surface area contributed by atoms with Crippen molar-refractivity contribution in [1.29, 1.82) is 0 Å². The lowest BCUT2D eigenvalue weighted by Gasteiger charge is -2.25. The molecule has 0 spiro atoms. The molecule has 22 heteroatoms. The zero-order valence-electron chi connectivity index (χ0n) is 36.4. The molecule has 0 bridgehead atoms. The Bertz CT molecular complexity index is 1980. The van der Waals surface area contributed by atoms with Crippen LogP contribution in [0.2, 0.25) is 0 Å². The van der Waals surface area contributed by atoms with Gasteiger partial charge in [0.25, 0.3) is 0 Å². The Kier molecular flexibility index (Phi) is 21.0. The van der Waals surface area contributed by atoms with Gasteiger partial charge in [-0.1, -0.05) is 80.9 Å². The van der Waals surface area contributed by atoms with Crippen LogP contribution in [0.3, 0.4) is 0 Å². The molecule has 0 saturated carbocycles. The van der Waals surface area contributed by atoms with Crippen LogP contribution < -0.4 is 65.5 Å². The molecule has 0 aromatic heterocycles. The van der Waals surface area contributed by atoms with Gasteiger partial charge in [-0.3, -0.25) is 48.3 Å². The molecule has 1 aliphatic rings. The van der Waals surface area contributed by atoms with E-state index >= 15 is 0 Å². The summed E-state index contributed by atoms with van der Waals surface area (Å²) >= 11 is 0. The van der Waals surface area contributed by atoms with Crippen LogP contribution in [0.4, 0.5) is 0 Å². The number of guanidine groups is 2. The molecule has 2 aromatic carbocycles.